The molecule has 2 aromatic heterocycles. The average molecular weight is 274 g/mol. The molecule has 1 amide bonds. The third kappa shape index (κ3) is 2.97. The molecule has 106 valence electrons. The molecule has 3 heterocycles. The van der Waals surface area contributed by atoms with Gasteiger partial charge in [-0.05, 0) is 12.1 Å². The van der Waals surface area contributed by atoms with Crippen molar-refractivity contribution < 1.29 is 9.53 Å². The van der Waals surface area contributed by atoms with Crippen molar-refractivity contribution in [2.24, 2.45) is 0 Å². The Hall–Kier alpha value is -1.92. The number of fused-ring (bicyclic) bond motifs is 1. The van der Waals surface area contributed by atoms with E-state index in [-0.39, 0.29) is 5.91 Å². The Balaban J connectivity index is 1.53. The number of rotatable bonds is 4. The van der Waals surface area contributed by atoms with Gasteiger partial charge in [-0.2, -0.15) is 0 Å². The molecule has 20 heavy (non-hydrogen) atoms. The van der Waals surface area contributed by atoms with Crippen LogP contribution in [-0.2, 0) is 4.74 Å². The van der Waals surface area contributed by atoms with E-state index in [1.165, 1.54) is 0 Å². The van der Waals surface area contributed by atoms with Crippen molar-refractivity contribution in [1.82, 2.24) is 19.6 Å². The summed E-state index contributed by atoms with van der Waals surface area (Å²) in [5.74, 6) is -0.123. The number of nitrogens with one attached hydrogen (secondary N) is 1. The number of carbonyl (C=O) groups is 1. The second-order valence-corrected chi connectivity index (χ2v) is 4.80. The van der Waals surface area contributed by atoms with E-state index in [9.17, 15) is 4.79 Å². The molecule has 0 radical (unpaired) electrons. The monoisotopic (exact) mass is 274 g/mol. The Labute approximate surface area is 117 Å². The zero-order valence-electron chi connectivity index (χ0n) is 11.3. The molecule has 1 aliphatic heterocycles. The van der Waals surface area contributed by atoms with E-state index in [1.807, 2.05) is 28.8 Å². The first kappa shape index (κ1) is 13.1. The molecule has 3 rings (SSSR count). The topological polar surface area (TPSA) is 58.9 Å². The van der Waals surface area contributed by atoms with Crippen LogP contribution in [0.5, 0.6) is 0 Å². The van der Waals surface area contributed by atoms with Gasteiger partial charge in [0.2, 0.25) is 0 Å². The molecule has 0 spiro atoms. The predicted molar refractivity (Wildman–Crippen MR) is 74.8 cm³/mol. The van der Waals surface area contributed by atoms with Gasteiger partial charge in [0.05, 0.1) is 13.2 Å². The highest BCUT2D eigenvalue weighted by Crippen LogP contribution is 2.04. The van der Waals surface area contributed by atoms with Gasteiger partial charge < -0.3 is 14.5 Å². The fourth-order valence-electron chi connectivity index (χ4n) is 2.29. The van der Waals surface area contributed by atoms with E-state index >= 15 is 0 Å². The van der Waals surface area contributed by atoms with Crippen LogP contribution in [0.25, 0.3) is 5.65 Å². The van der Waals surface area contributed by atoms with Crippen LogP contribution in [0.3, 0.4) is 0 Å². The van der Waals surface area contributed by atoms with Gasteiger partial charge in [-0.25, -0.2) is 4.98 Å². The van der Waals surface area contributed by atoms with Crippen LogP contribution in [0.4, 0.5) is 0 Å². The van der Waals surface area contributed by atoms with E-state index in [1.54, 1.807) is 6.20 Å². The highest BCUT2D eigenvalue weighted by Gasteiger charge is 2.12. The molecule has 1 saturated heterocycles. The standard InChI is InChI=1S/C14H18N4O2/c19-14(15-4-6-17-7-9-20-10-8-17)12-11-18-5-2-1-3-13(18)16-12/h1-3,5,11H,4,6-10H2,(H,15,19). The largest absolute Gasteiger partial charge is 0.379 e. The van der Waals surface area contributed by atoms with Crippen LogP contribution >= 0.6 is 0 Å². The van der Waals surface area contributed by atoms with Gasteiger partial charge in [0.15, 0.2) is 0 Å². The quantitative estimate of drug-likeness (QED) is 0.876. The van der Waals surface area contributed by atoms with E-state index in [0.29, 0.717) is 12.2 Å². The lowest BCUT2D eigenvalue weighted by molar-refractivity contribution is 0.0383. The fraction of sp³-hybridized carbons (Fsp3) is 0.429. The van der Waals surface area contributed by atoms with Crippen LogP contribution in [0.15, 0.2) is 30.6 Å². The molecule has 1 N–H and O–H groups in total. The second kappa shape index (κ2) is 6.02. The summed E-state index contributed by atoms with van der Waals surface area (Å²) in [7, 11) is 0. The van der Waals surface area contributed by atoms with Crippen molar-refractivity contribution in [2.75, 3.05) is 39.4 Å². The molecule has 1 aliphatic rings. The van der Waals surface area contributed by atoms with Gasteiger partial charge >= 0.3 is 0 Å². The summed E-state index contributed by atoms with van der Waals surface area (Å²) in [5, 5.41) is 2.91. The zero-order valence-corrected chi connectivity index (χ0v) is 11.3. The number of hydrogen-bond donors (Lipinski definition) is 1. The van der Waals surface area contributed by atoms with E-state index in [0.717, 1.165) is 38.5 Å². The molecule has 0 aliphatic carbocycles. The third-order valence-corrected chi connectivity index (χ3v) is 3.41. The Morgan fingerprint density at radius 3 is 3.00 bits per heavy atom. The number of nitrogens with zero attached hydrogens (tertiary/aromatic N) is 3. The Kier molecular flexibility index (Phi) is 3.94. The Morgan fingerprint density at radius 2 is 2.20 bits per heavy atom. The third-order valence-electron chi connectivity index (χ3n) is 3.41. The van der Waals surface area contributed by atoms with Crippen molar-refractivity contribution in [3.05, 3.63) is 36.3 Å². The summed E-state index contributed by atoms with van der Waals surface area (Å²) in [6.45, 7) is 4.91. The zero-order chi connectivity index (χ0) is 13.8. The molecule has 0 unspecified atom stereocenters. The number of pyridine rings is 1. The van der Waals surface area contributed by atoms with Crippen molar-refractivity contribution in [3.8, 4) is 0 Å². The van der Waals surface area contributed by atoms with Crippen molar-refractivity contribution in [2.45, 2.75) is 0 Å². The van der Waals surface area contributed by atoms with E-state index in [2.05, 4.69) is 15.2 Å². The van der Waals surface area contributed by atoms with Gasteiger partial charge in [-0.1, -0.05) is 6.07 Å². The molecule has 1 fully saturated rings. The lowest BCUT2D eigenvalue weighted by Crippen LogP contribution is -2.41. The van der Waals surface area contributed by atoms with Crippen LogP contribution < -0.4 is 5.32 Å². The maximum Gasteiger partial charge on any atom is 0.271 e. The molecular formula is C14H18N4O2. The molecule has 0 atom stereocenters. The first-order valence-corrected chi connectivity index (χ1v) is 6.85. The molecule has 2 aromatic rings. The predicted octanol–water partition coefficient (Wildman–Crippen LogP) is 0.396. The summed E-state index contributed by atoms with van der Waals surface area (Å²) in [6, 6.07) is 5.70. The number of aromatic nitrogens is 2. The minimum absolute atomic E-state index is 0.123. The van der Waals surface area contributed by atoms with Gasteiger partial charge in [-0.3, -0.25) is 9.69 Å². The van der Waals surface area contributed by atoms with Crippen molar-refractivity contribution in [3.63, 3.8) is 0 Å². The fourth-order valence-corrected chi connectivity index (χ4v) is 2.29. The molecular weight excluding hydrogens is 256 g/mol. The van der Waals surface area contributed by atoms with Crippen LogP contribution in [0, 0.1) is 0 Å². The highest BCUT2D eigenvalue weighted by atomic mass is 16.5. The highest BCUT2D eigenvalue weighted by molar-refractivity contribution is 5.92. The van der Waals surface area contributed by atoms with Crippen LogP contribution in [-0.4, -0.2) is 59.6 Å². The molecule has 0 bridgehead atoms. The number of amides is 1. The van der Waals surface area contributed by atoms with Crippen molar-refractivity contribution in [1.29, 1.82) is 0 Å². The molecule has 6 heteroatoms. The molecule has 0 saturated carbocycles. The Morgan fingerprint density at radius 1 is 1.35 bits per heavy atom. The second-order valence-electron chi connectivity index (χ2n) is 4.80. The smallest absolute Gasteiger partial charge is 0.271 e. The normalized spacial score (nSPS) is 16.4. The van der Waals surface area contributed by atoms with E-state index < -0.39 is 0 Å². The SMILES string of the molecule is O=C(NCCN1CCOCC1)c1cn2ccccc2n1. The molecule has 6 nitrogen and oxygen atoms in total. The average Bonchev–Trinajstić information content (AvgIpc) is 2.92. The first-order chi connectivity index (χ1) is 9.83. The maximum atomic E-state index is 12.0. The number of morpholine rings is 1. The minimum Gasteiger partial charge on any atom is -0.379 e. The summed E-state index contributed by atoms with van der Waals surface area (Å²) >= 11 is 0. The number of carbonyl (C=O) groups excluding carboxylic acids is 1. The number of hydrogen-bond acceptors (Lipinski definition) is 4. The lowest BCUT2D eigenvalue weighted by atomic mass is 10.4. The number of ether oxygens (including phenoxy) is 1. The van der Waals surface area contributed by atoms with Gasteiger partial charge in [0.25, 0.3) is 5.91 Å². The Bertz CT molecular complexity index is 557. The summed E-state index contributed by atoms with van der Waals surface area (Å²) in [6.07, 6.45) is 3.63. The lowest BCUT2D eigenvalue weighted by Gasteiger charge is -2.26. The number of imidazole rings is 1. The van der Waals surface area contributed by atoms with Crippen LogP contribution in [0.2, 0.25) is 0 Å². The van der Waals surface area contributed by atoms with Gasteiger partial charge in [0, 0.05) is 38.6 Å². The molecule has 0 aromatic carbocycles. The summed E-state index contributed by atoms with van der Waals surface area (Å²) < 4.78 is 7.13. The van der Waals surface area contributed by atoms with Crippen molar-refractivity contribution >= 4 is 11.6 Å². The van der Waals surface area contributed by atoms with Crippen LogP contribution in [0.1, 0.15) is 10.5 Å². The summed E-state index contributed by atoms with van der Waals surface area (Å²) in [4.78, 5) is 18.6. The summed E-state index contributed by atoms with van der Waals surface area (Å²) in [5.41, 5.74) is 1.24. The van der Waals surface area contributed by atoms with E-state index in [4.69, 9.17) is 4.74 Å². The van der Waals surface area contributed by atoms with Gasteiger partial charge in [0.1, 0.15) is 11.3 Å². The minimum atomic E-state index is -0.123. The maximum absolute atomic E-state index is 12.0. The first-order valence-electron chi connectivity index (χ1n) is 6.85. The van der Waals surface area contributed by atoms with Gasteiger partial charge in [-0.15, -0.1) is 0 Å².